The van der Waals surface area contributed by atoms with Gasteiger partial charge in [-0.2, -0.15) is 0 Å². The van der Waals surface area contributed by atoms with Gasteiger partial charge < -0.3 is 19.7 Å². The highest BCUT2D eigenvalue weighted by atomic mass is 19.1. The first-order valence-electron chi connectivity index (χ1n) is 9.98. The van der Waals surface area contributed by atoms with Crippen molar-refractivity contribution < 1.29 is 18.7 Å². The molecule has 3 aliphatic rings. The topological polar surface area (TPSA) is 63.7 Å². The Labute approximate surface area is 174 Å². The largest absolute Gasteiger partial charge is 0.482 e. The molecule has 1 N–H and O–H groups in total. The number of allylic oxidation sites excluding steroid dienone is 1. The van der Waals surface area contributed by atoms with Crippen LogP contribution in [0.2, 0.25) is 0 Å². The van der Waals surface area contributed by atoms with Crippen molar-refractivity contribution in [1.82, 2.24) is 4.98 Å². The molecule has 0 radical (unpaired) electrons. The number of morpholine rings is 1. The van der Waals surface area contributed by atoms with Crippen LogP contribution in [0.25, 0.3) is 11.1 Å². The van der Waals surface area contributed by atoms with Gasteiger partial charge in [-0.3, -0.25) is 4.79 Å². The van der Waals surface area contributed by atoms with Crippen LogP contribution in [0.1, 0.15) is 25.0 Å². The molecule has 1 fully saturated rings. The van der Waals surface area contributed by atoms with Gasteiger partial charge in [0, 0.05) is 36.0 Å². The number of ether oxygens (including phenoxy) is 2. The van der Waals surface area contributed by atoms with Crippen LogP contribution in [0, 0.1) is 5.82 Å². The highest BCUT2D eigenvalue weighted by Crippen LogP contribution is 2.44. The zero-order valence-corrected chi connectivity index (χ0v) is 16.9. The van der Waals surface area contributed by atoms with Gasteiger partial charge in [0.05, 0.1) is 24.5 Å². The van der Waals surface area contributed by atoms with Gasteiger partial charge in [-0.15, -0.1) is 0 Å². The average Bonchev–Trinajstić information content (AvgIpc) is 3.23. The number of nitrogens with one attached hydrogen (secondary N) is 1. The predicted molar refractivity (Wildman–Crippen MR) is 112 cm³/mol. The normalized spacial score (nSPS) is 22.4. The molecule has 2 aromatic rings. The number of pyridine rings is 1. The highest BCUT2D eigenvalue weighted by Gasteiger charge is 2.38. The first-order chi connectivity index (χ1) is 14.4. The summed E-state index contributed by atoms with van der Waals surface area (Å²) in [5.41, 5.74) is 2.77. The highest BCUT2D eigenvalue weighted by molar-refractivity contribution is 6.32. The molecule has 154 valence electrons. The molecule has 1 aromatic carbocycles. The standard InChI is InChI=1S/C23H22FN3O3/c1-23(2)17(14-3-6-20(25-13-14)27-7-9-29-10-8-27)12-19(30-23)21-16-5-4-15(24)11-18(16)26-22(21)28/h3-6,11-13H,7-10H2,1-2H3,(H,26,28)/b21-19-. The first kappa shape index (κ1) is 18.8. The molecule has 0 saturated carbocycles. The lowest BCUT2D eigenvalue weighted by Crippen LogP contribution is -2.36. The SMILES string of the molecule is CC1(C)O/C(=C2\C(=O)Nc3cc(F)ccc32)C=C1c1ccc(N2CCOCC2)nc1. The van der Waals surface area contributed by atoms with Crippen molar-refractivity contribution in [2.24, 2.45) is 0 Å². The number of carbonyl (C=O) groups excluding carboxylic acids is 1. The number of fused-ring (bicyclic) bond motifs is 1. The smallest absolute Gasteiger partial charge is 0.260 e. The van der Waals surface area contributed by atoms with Crippen LogP contribution >= 0.6 is 0 Å². The molecule has 0 bridgehead atoms. The molecule has 0 aliphatic carbocycles. The number of nitrogens with zero attached hydrogens (tertiary/aromatic N) is 2. The number of rotatable bonds is 2. The van der Waals surface area contributed by atoms with Crippen molar-refractivity contribution in [2.75, 3.05) is 36.5 Å². The molecular weight excluding hydrogens is 385 g/mol. The summed E-state index contributed by atoms with van der Waals surface area (Å²) in [6.45, 7) is 6.99. The van der Waals surface area contributed by atoms with E-state index in [0.717, 1.165) is 30.0 Å². The molecular formula is C23H22FN3O3. The molecule has 6 nitrogen and oxygen atoms in total. The van der Waals surface area contributed by atoms with Crippen molar-refractivity contribution in [3.63, 3.8) is 0 Å². The van der Waals surface area contributed by atoms with Crippen LogP contribution in [-0.2, 0) is 14.3 Å². The van der Waals surface area contributed by atoms with Gasteiger partial charge in [-0.25, -0.2) is 9.37 Å². The van der Waals surface area contributed by atoms with Crippen LogP contribution in [0.5, 0.6) is 0 Å². The van der Waals surface area contributed by atoms with Gasteiger partial charge in [0.1, 0.15) is 23.0 Å². The van der Waals surface area contributed by atoms with Crippen molar-refractivity contribution in [3.8, 4) is 0 Å². The van der Waals surface area contributed by atoms with Crippen LogP contribution < -0.4 is 10.2 Å². The van der Waals surface area contributed by atoms with E-state index in [1.807, 2.05) is 38.3 Å². The Bertz CT molecular complexity index is 1080. The number of halogens is 1. The van der Waals surface area contributed by atoms with E-state index >= 15 is 0 Å². The van der Waals surface area contributed by atoms with Gasteiger partial charge >= 0.3 is 0 Å². The molecule has 3 aliphatic heterocycles. The number of carbonyl (C=O) groups is 1. The van der Waals surface area contributed by atoms with E-state index in [4.69, 9.17) is 9.47 Å². The molecule has 7 heteroatoms. The molecule has 1 amide bonds. The second-order valence-corrected chi connectivity index (χ2v) is 8.06. The van der Waals surface area contributed by atoms with Gasteiger partial charge in [-0.1, -0.05) is 0 Å². The molecule has 0 unspecified atom stereocenters. The molecule has 4 heterocycles. The Morgan fingerprint density at radius 2 is 1.97 bits per heavy atom. The van der Waals surface area contributed by atoms with Crippen molar-refractivity contribution in [1.29, 1.82) is 0 Å². The van der Waals surface area contributed by atoms with Crippen LogP contribution in [0.15, 0.2) is 48.4 Å². The lowest BCUT2D eigenvalue weighted by molar-refractivity contribution is -0.111. The number of hydrogen-bond acceptors (Lipinski definition) is 5. The monoisotopic (exact) mass is 407 g/mol. The summed E-state index contributed by atoms with van der Waals surface area (Å²) >= 11 is 0. The summed E-state index contributed by atoms with van der Waals surface area (Å²) in [5.74, 6) is 0.717. The second kappa shape index (κ2) is 6.95. The minimum Gasteiger partial charge on any atom is -0.482 e. The van der Waals surface area contributed by atoms with Crippen molar-refractivity contribution in [3.05, 3.63) is 65.3 Å². The molecule has 30 heavy (non-hydrogen) atoms. The molecule has 0 atom stereocenters. The van der Waals surface area contributed by atoms with Crippen molar-refractivity contribution in [2.45, 2.75) is 19.4 Å². The first-order valence-corrected chi connectivity index (χ1v) is 9.98. The zero-order valence-electron chi connectivity index (χ0n) is 16.9. The zero-order chi connectivity index (χ0) is 20.9. The minimum atomic E-state index is -0.631. The molecule has 5 rings (SSSR count). The third-order valence-electron chi connectivity index (χ3n) is 5.66. The third kappa shape index (κ3) is 3.15. The van der Waals surface area contributed by atoms with Gasteiger partial charge in [0.15, 0.2) is 0 Å². The van der Waals surface area contributed by atoms with E-state index in [1.165, 1.54) is 12.1 Å². The minimum absolute atomic E-state index is 0.292. The fourth-order valence-electron chi connectivity index (χ4n) is 4.13. The number of hydrogen-bond donors (Lipinski definition) is 1. The number of amides is 1. The summed E-state index contributed by atoms with van der Waals surface area (Å²) in [4.78, 5) is 19.4. The average molecular weight is 407 g/mol. The van der Waals surface area contributed by atoms with E-state index in [2.05, 4.69) is 15.2 Å². The lowest BCUT2D eigenvalue weighted by Gasteiger charge is -2.28. The molecule has 1 saturated heterocycles. The second-order valence-electron chi connectivity index (χ2n) is 8.06. The molecule has 0 spiro atoms. The third-order valence-corrected chi connectivity index (χ3v) is 5.66. The van der Waals surface area contributed by atoms with Gasteiger partial charge in [-0.05, 0) is 50.3 Å². The lowest BCUT2D eigenvalue weighted by atomic mass is 9.93. The van der Waals surface area contributed by atoms with E-state index < -0.39 is 11.4 Å². The van der Waals surface area contributed by atoms with Gasteiger partial charge in [0.2, 0.25) is 0 Å². The maximum Gasteiger partial charge on any atom is 0.260 e. The molecule has 1 aromatic heterocycles. The summed E-state index contributed by atoms with van der Waals surface area (Å²) < 4.78 is 25.1. The van der Waals surface area contributed by atoms with Crippen LogP contribution in [-0.4, -0.2) is 42.8 Å². The number of aromatic nitrogens is 1. The van der Waals surface area contributed by atoms with E-state index in [-0.39, 0.29) is 5.91 Å². The van der Waals surface area contributed by atoms with Crippen LogP contribution in [0.4, 0.5) is 15.9 Å². The maximum absolute atomic E-state index is 13.5. The fraction of sp³-hybridized carbons (Fsp3) is 0.304. The Morgan fingerprint density at radius 3 is 2.70 bits per heavy atom. The fourth-order valence-corrected chi connectivity index (χ4v) is 4.13. The number of benzene rings is 1. The van der Waals surface area contributed by atoms with E-state index in [9.17, 15) is 9.18 Å². The van der Waals surface area contributed by atoms with Gasteiger partial charge in [0.25, 0.3) is 5.91 Å². The number of anilines is 2. The van der Waals surface area contributed by atoms with Crippen LogP contribution in [0.3, 0.4) is 0 Å². The Kier molecular flexibility index (Phi) is 4.36. The summed E-state index contributed by atoms with van der Waals surface area (Å²) in [7, 11) is 0. The predicted octanol–water partition coefficient (Wildman–Crippen LogP) is 3.61. The summed E-state index contributed by atoms with van der Waals surface area (Å²) in [6.07, 6.45) is 3.73. The van der Waals surface area contributed by atoms with E-state index in [0.29, 0.717) is 35.8 Å². The van der Waals surface area contributed by atoms with E-state index in [1.54, 1.807) is 6.07 Å². The Hall–Kier alpha value is -3.19. The Balaban J connectivity index is 1.51. The quantitative estimate of drug-likeness (QED) is 0.771. The summed E-state index contributed by atoms with van der Waals surface area (Å²) in [6, 6.07) is 8.30. The Morgan fingerprint density at radius 1 is 1.17 bits per heavy atom. The van der Waals surface area contributed by atoms with Crippen molar-refractivity contribution >= 4 is 28.6 Å². The summed E-state index contributed by atoms with van der Waals surface area (Å²) in [5, 5.41) is 2.72. The maximum atomic E-state index is 13.5.